The average Bonchev–Trinajstić information content (AvgIpc) is 2.32. The number of carbonyl (C=O) groups is 1. The summed E-state index contributed by atoms with van der Waals surface area (Å²) in [5, 5.41) is -0.464. The summed E-state index contributed by atoms with van der Waals surface area (Å²) in [6.45, 7) is 5.35. The van der Waals surface area contributed by atoms with Crippen molar-refractivity contribution in [3.8, 4) is 0 Å². The van der Waals surface area contributed by atoms with Crippen molar-refractivity contribution >= 4 is 29.2 Å². The van der Waals surface area contributed by atoms with E-state index in [1.807, 2.05) is 0 Å². The highest BCUT2D eigenvalue weighted by Gasteiger charge is 2.34. The van der Waals surface area contributed by atoms with Crippen LogP contribution in [-0.4, -0.2) is 42.2 Å². The zero-order chi connectivity index (χ0) is 13.7. The predicted octanol–water partition coefficient (Wildman–Crippen LogP) is 2.84. The molecule has 0 aromatic heterocycles. The Bertz CT molecular complexity index is 312. The topological polar surface area (TPSA) is 35.5 Å². The molecule has 1 fully saturated rings. The number of ether oxygens (including phenoxy) is 2. The highest BCUT2D eigenvalue weighted by molar-refractivity contribution is 6.21. The number of halogens is 3. The molecule has 0 aromatic rings. The zero-order valence-electron chi connectivity index (χ0n) is 10.2. The van der Waals surface area contributed by atoms with E-state index in [9.17, 15) is 9.18 Å². The summed E-state index contributed by atoms with van der Waals surface area (Å²) in [6.07, 6.45) is -1.77. The number of hydrogen-bond acceptors (Lipinski definition) is 3. The van der Waals surface area contributed by atoms with Crippen molar-refractivity contribution in [3.63, 3.8) is 0 Å². The van der Waals surface area contributed by atoms with Crippen LogP contribution in [0.2, 0.25) is 0 Å². The summed E-state index contributed by atoms with van der Waals surface area (Å²) in [7, 11) is 0. The van der Waals surface area contributed by atoms with Crippen LogP contribution in [0, 0.1) is 0 Å². The number of alkyl halides is 3. The van der Waals surface area contributed by atoms with Crippen LogP contribution in [0.5, 0.6) is 0 Å². The van der Waals surface area contributed by atoms with Gasteiger partial charge >= 0.3 is 5.97 Å². The lowest BCUT2D eigenvalue weighted by Crippen LogP contribution is -2.39. The van der Waals surface area contributed by atoms with Gasteiger partial charge in [0.2, 0.25) is 0 Å². The Hall–Kier alpha value is -0.320. The van der Waals surface area contributed by atoms with Gasteiger partial charge in [-0.05, 0) is 18.9 Å². The van der Waals surface area contributed by atoms with Gasteiger partial charge in [-0.25, -0.2) is 9.18 Å². The van der Waals surface area contributed by atoms with Crippen LogP contribution in [0.1, 0.15) is 19.8 Å². The van der Waals surface area contributed by atoms with Gasteiger partial charge in [0.1, 0.15) is 12.8 Å². The van der Waals surface area contributed by atoms with Crippen LogP contribution < -0.4 is 0 Å². The molecule has 1 aliphatic rings. The Morgan fingerprint density at radius 3 is 2.94 bits per heavy atom. The lowest BCUT2D eigenvalue weighted by atomic mass is 9.91. The Morgan fingerprint density at radius 2 is 2.33 bits per heavy atom. The van der Waals surface area contributed by atoms with Crippen LogP contribution in [0.25, 0.3) is 0 Å². The van der Waals surface area contributed by atoms with E-state index in [0.717, 1.165) is 0 Å². The summed E-state index contributed by atoms with van der Waals surface area (Å²) in [4.78, 5) is 11.5. The first-order valence-electron chi connectivity index (χ1n) is 5.79. The summed E-state index contributed by atoms with van der Waals surface area (Å²) in [5.74, 6) is -0.257. The van der Waals surface area contributed by atoms with E-state index in [-0.39, 0.29) is 18.9 Å². The lowest BCUT2D eigenvalue weighted by molar-refractivity contribution is -0.159. The third kappa shape index (κ3) is 4.41. The molecule has 0 radical (unpaired) electrons. The highest BCUT2D eigenvalue weighted by Crippen LogP contribution is 2.31. The molecule has 0 saturated heterocycles. The van der Waals surface area contributed by atoms with E-state index in [4.69, 9.17) is 32.7 Å². The molecule has 4 unspecified atom stereocenters. The van der Waals surface area contributed by atoms with E-state index in [1.165, 1.54) is 0 Å². The van der Waals surface area contributed by atoms with Crippen molar-refractivity contribution in [2.45, 2.75) is 43.5 Å². The number of esters is 1. The molecular formula is C12H17Cl2FO3. The van der Waals surface area contributed by atoms with Gasteiger partial charge in [-0.2, -0.15) is 0 Å². The lowest BCUT2D eigenvalue weighted by Gasteiger charge is -2.32. The van der Waals surface area contributed by atoms with E-state index >= 15 is 0 Å². The van der Waals surface area contributed by atoms with E-state index in [2.05, 4.69) is 6.58 Å². The Kier molecular flexibility index (Phi) is 6.39. The van der Waals surface area contributed by atoms with E-state index in [0.29, 0.717) is 12.0 Å². The Morgan fingerprint density at radius 1 is 1.67 bits per heavy atom. The fourth-order valence-corrected chi connectivity index (χ4v) is 2.12. The largest absolute Gasteiger partial charge is 0.463 e. The first-order chi connectivity index (χ1) is 8.45. The standard InChI is InChI=1S/C12H17Cl2FO3/c1-7-5-11(9(14)6-10(7)15)18-8(2)12(16)17-4-3-13/h8-11H,1,3-6H2,2H3. The van der Waals surface area contributed by atoms with Gasteiger partial charge in [-0.1, -0.05) is 6.58 Å². The normalized spacial score (nSPS) is 30.0. The molecule has 0 N–H and O–H groups in total. The van der Waals surface area contributed by atoms with Gasteiger partial charge in [-0.3, -0.25) is 0 Å². The fourth-order valence-electron chi connectivity index (χ4n) is 1.74. The second kappa shape index (κ2) is 7.31. The maximum atomic E-state index is 13.3. The number of hydrogen-bond donors (Lipinski definition) is 0. The van der Waals surface area contributed by atoms with Gasteiger partial charge in [-0.15, -0.1) is 23.2 Å². The van der Waals surface area contributed by atoms with Crippen molar-refractivity contribution in [2.75, 3.05) is 12.5 Å². The van der Waals surface area contributed by atoms with Crippen molar-refractivity contribution in [3.05, 3.63) is 12.2 Å². The number of carbonyl (C=O) groups excluding carboxylic acids is 1. The summed E-state index contributed by atoms with van der Waals surface area (Å²) >= 11 is 11.4. The maximum absolute atomic E-state index is 13.3. The molecule has 4 atom stereocenters. The molecule has 6 heteroatoms. The van der Waals surface area contributed by atoms with E-state index < -0.39 is 29.7 Å². The van der Waals surface area contributed by atoms with Crippen LogP contribution in [0.4, 0.5) is 4.39 Å². The molecule has 0 aliphatic heterocycles. The predicted molar refractivity (Wildman–Crippen MR) is 68.9 cm³/mol. The molecule has 0 heterocycles. The average molecular weight is 299 g/mol. The van der Waals surface area contributed by atoms with Crippen LogP contribution in [0.3, 0.4) is 0 Å². The highest BCUT2D eigenvalue weighted by atomic mass is 35.5. The molecule has 0 amide bonds. The smallest absolute Gasteiger partial charge is 0.335 e. The minimum absolute atomic E-state index is 0.141. The monoisotopic (exact) mass is 298 g/mol. The van der Waals surface area contributed by atoms with E-state index in [1.54, 1.807) is 6.92 Å². The molecule has 1 aliphatic carbocycles. The third-order valence-corrected chi connectivity index (χ3v) is 3.39. The SMILES string of the molecule is C=C1CC(OC(C)C(=O)OCCCl)C(Cl)CC1F. The molecule has 0 bridgehead atoms. The van der Waals surface area contributed by atoms with Crippen LogP contribution in [0.15, 0.2) is 12.2 Å². The summed E-state index contributed by atoms with van der Waals surface area (Å²) < 4.78 is 23.7. The second-order valence-electron chi connectivity index (χ2n) is 4.25. The minimum Gasteiger partial charge on any atom is -0.463 e. The third-order valence-electron chi connectivity index (χ3n) is 2.77. The van der Waals surface area contributed by atoms with Crippen molar-refractivity contribution < 1.29 is 18.7 Å². The van der Waals surface area contributed by atoms with Crippen LogP contribution >= 0.6 is 23.2 Å². The van der Waals surface area contributed by atoms with Gasteiger partial charge in [0.25, 0.3) is 0 Å². The van der Waals surface area contributed by atoms with Crippen molar-refractivity contribution in [1.82, 2.24) is 0 Å². The fraction of sp³-hybridized carbons (Fsp3) is 0.750. The molecule has 1 saturated carbocycles. The minimum atomic E-state index is -1.09. The first-order valence-corrected chi connectivity index (χ1v) is 6.76. The summed E-state index contributed by atoms with van der Waals surface area (Å²) in [5.41, 5.74) is 0.457. The van der Waals surface area contributed by atoms with Crippen molar-refractivity contribution in [1.29, 1.82) is 0 Å². The quantitative estimate of drug-likeness (QED) is 0.445. The first kappa shape index (κ1) is 15.7. The second-order valence-corrected chi connectivity index (χ2v) is 5.19. The van der Waals surface area contributed by atoms with Crippen molar-refractivity contribution in [2.24, 2.45) is 0 Å². The summed E-state index contributed by atoms with van der Waals surface area (Å²) in [6, 6.07) is 0. The van der Waals surface area contributed by atoms with Gasteiger partial charge in [0.05, 0.1) is 17.4 Å². The van der Waals surface area contributed by atoms with Gasteiger partial charge < -0.3 is 9.47 Å². The number of rotatable bonds is 5. The molecular weight excluding hydrogens is 282 g/mol. The maximum Gasteiger partial charge on any atom is 0.335 e. The Labute approximate surface area is 116 Å². The molecule has 0 aromatic carbocycles. The molecule has 18 heavy (non-hydrogen) atoms. The van der Waals surface area contributed by atoms with Crippen LogP contribution in [-0.2, 0) is 14.3 Å². The zero-order valence-corrected chi connectivity index (χ0v) is 11.7. The van der Waals surface area contributed by atoms with Gasteiger partial charge in [0.15, 0.2) is 6.10 Å². The molecule has 104 valence electrons. The Balaban J connectivity index is 2.45. The molecule has 0 spiro atoms. The molecule has 3 nitrogen and oxygen atoms in total. The van der Waals surface area contributed by atoms with Gasteiger partial charge in [0, 0.05) is 6.42 Å². The molecule has 1 rings (SSSR count).